The number of aryl methyl sites for hydroxylation is 1. The second kappa shape index (κ2) is 6.59. The normalized spacial score (nSPS) is 12.4. The summed E-state index contributed by atoms with van der Waals surface area (Å²) >= 11 is 5.79. The molecule has 1 N–H and O–H groups in total. The molecule has 0 fully saturated rings. The number of aliphatic hydroxyl groups is 1. The highest BCUT2D eigenvalue weighted by atomic mass is 35.5. The first-order chi connectivity index (χ1) is 9.19. The molecule has 102 valence electrons. The molecule has 1 unspecified atom stereocenters. The van der Waals surface area contributed by atoms with Gasteiger partial charge in [0.25, 0.3) is 0 Å². The lowest BCUT2D eigenvalue weighted by atomic mass is 10.2. The Balaban J connectivity index is 1.89. The summed E-state index contributed by atoms with van der Waals surface area (Å²) in [7, 11) is 0. The van der Waals surface area contributed by atoms with Crippen LogP contribution >= 0.6 is 11.6 Å². The lowest BCUT2D eigenvalue weighted by molar-refractivity contribution is 0.108. The molecular weight excluding hydrogens is 264 g/mol. The molecule has 0 amide bonds. The van der Waals surface area contributed by atoms with Crippen LogP contribution in [-0.2, 0) is 6.54 Å². The Hall–Kier alpha value is -1.52. The molecule has 0 spiro atoms. The van der Waals surface area contributed by atoms with Gasteiger partial charge in [-0.1, -0.05) is 18.5 Å². The average molecular weight is 281 g/mol. The Bertz CT molecular complexity index is 510. The SMILES string of the molecule is CCCn1cc(C(O)COc2ccc(Cl)cc2)cn1. The fourth-order valence-electron chi connectivity index (χ4n) is 1.71. The van der Waals surface area contributed by atoms with Crippen molar-refractivity contribution in [1.29, 1.82) is 0 Å². The van der Waals surface area contributed by atoms with Gasteiger partial charge in [-0.25, -0.2) is 0 Å². The summed E-state index contributed by atoms with van der Waals surface area (Å²) in [6, 6.07) is 7.05. The van der Waals surface area contributed by atoms with Crippen molar-refractivity contribution < 1.29 is 9.84 Å². The quantitative estimate of drug-likeness (QED) is 0.885. The third-order valence-electron chi connectivity index (χ3n) is 2.71. The van der Waals surface area contributed by atoms with Crippen LogP contribution in [0.2, 0.25) is 5.02 Å². The van der Waals surface area contributed by atoms with Gasteiger partial charge in [0.15, 0.2) is 0 Å². The molecule has 2 rings (SSSR count). The summed E-state index contributed by atoms with van der Waals surface area (Å²) in [6.45, 7) is 3.13. The minimum atomic E-state index is -0.679. The second-order valence-electron chi connectivity index (χ2n) is 4.32. The maximum atomic E-state index is 10.0. The van der Waals surface area contributed by atoms with E-state index >= 15 is 0 Å². The lowest BCUT2D eigenvalue weighted by Crippen LogP contribution is -2.09. The highest BCUT2D eigenvalue weighted by Crippen LogP contribution is 2.18. The van der Waals surface area contributed by atoms with Crippen molar-refractivity contribution in [1.82, 2.24) is 9.78 Å². The van der Waals surface area contributed by atoms with Gasteiger partial charge in [0.1, 0.15) is 18.5 Å². The van der Waals surface area contributed by atoms with Crippen molar-refractivity contribution >= 4 is 11.6 Å². The zero-order valence-corrected chi connectivity index (χ0v) is 11.5. The Morgan fingerprint density at radius 3 is 2.79 bits per heavy atom. The summed E-state index contributed by atoms with van der Waals surface area (Å²) in [5, 5.41) is 14.9. The molecule has 1 atom stereocenters. The van der Waals surface area contributed by atoms with Gasteiger partial charge < -0.3 is 9.84 Å². The summed E-state index contributed by atoms with van der Waals surface area (Å²) in [6.07, 6.45) is 3.85. The number of nitrogens with zero attached hydrogens (tertiary/aromatic N) is 2. The number of hydrogen-bond donors (Lipinski definition) is 1. The first-order valence-electron chi connectivity index (χ1n) is 6.28. The highest BCUT2D eigenvalue weighted by molar-refractivity contribution is 6.30. The number of ether oxygens (including phenoxy) is 1. The van der Waals surface area contributed by atoms with E-state index in [1.165, 1.54) is 0 Å². The predicted octanol–water partition coefficient (Wildman–Crippen LogP) is 3.06. The molecule has 0 aliphatic carbocycles. The fraction of sp³-hybridized carbons (Fsp3) is 0.357. The van der Waals surface area contributed by atoms with Gasteiger partial charge >= 0.3 is 0 Å². The standard InChI is InChI=1S/C14H17ClN2O2/c1-2-7-17-9-11(8-16-17)14(18)10-19-13-5-3-12(15)4-6-13/h3-6,8-9,14,18H,2,7,10H2,1H3. The largest absolute Gasteiger partial charge is 0.491 e. The summed E-state index contributed by atoms with van der Waals surface area (Å²) in [5.74, 6) is 0.685. The Kier molecular flexibility index (Phi) is 4.82. The summed E-state index contributed by atoms with van der Waals surface area (Å²) in [4.78, 5) is 0. The van der Waals surface area contributed by atoms with E-state index in [2.05, 4.69) is 12.0 Å². The van der Waals surface area contributed by atoms with E-state index in [4.69, 9.17) is 16.3 Å². The molecule has 2 aromatic rings. The zero-order chi connectivity index (χ0) is 13.7. The van der Waals surface area contributed by atoms with Crippen molar-refractivity contribution in [2.24, 2.45) is 0 Å². The van der Waals surface area contributed by atoms with E-state index < -0.39 is 6.10 Å². The molecule has 1 aromatic carbocycles. The van der Waals surface area contributed by atoms with Crippen molar-refractivity contribution in [3.8, 4) is 5.75 Å². The topological polar surface area (TPSA) is 47.3 Å². The fourth-order valence-corrected chi connectivity index (χ4v) is 1.83. The lowest BCUT2D eigenvalue weighted by Gasteiger charge is -2.10. The number of benzene rings is 1. The number of aromatic nitrogens is 2. The van der Waals surface area contributed by atoms with Crippen LogP contribution in [0.5, 0.6) is 5.75 Å². The van der Waals surface area contributed by atoms with Crippen molar-refractivity contribution in [3.05, 3.63) is 47.2 Å². The van der Waals surface area contributed by atoms with Crippen molar-refractivity contribution in [2.75, 3.05) is 6.61 Å². The minimum absolute atomic E-state index is 0.194. The van der Waals surface area contributed by atoms with Crippen LogP contribution in [0.4, 0.5) is 0 Å². The summed E-state index contributed by atoms with van der Waals surface area (Å²) in [5.41, 5.74) is 0.766. The van der Waals surface area contributed by atoms with Crippen LogP contribution in [0.1, 0.15) is 25.0 Å². The van der Waals surface area contributed by atoms with Gasteiger partial charge in [-0.05, 0) is 30.7 Å². The van der Waals surface area contributed by atoms with Crippen LogP contribution < -0.4 is 4.74 Å². The molecule has 0 radical (unpaired) electrons. The molecule has 1 aromatic heterocycles. The third-order valence-corrected chi connectivity index (χ3v) is 2.96. The number of aliphatic hydroxyl groups excluding tert-OH is 1. The van der Waals surface area contributed by atoms with Crippen LogP contribution in [0.3, 0.4) is 0 Å². The molecule has 0 saturated carbocycles. The molecule has 0 aliphatic heterocycles. The molecule has 0 aliphatic rings. The van der Waals surface area contributed by atoms with Crippen molar-refractivity contribution in [3.63, 3.8) is 0 Å². The van der Waals surface area contributed by atoms with Crippen LogP contribution in [0, 0.1) is 0 Å². The second-order valence-corrected chi connectivity index (χ2v) is 4.75. The summed E-state index contributed by atoms with van der Waals surface area (Å²) < 4.78 is 7.32. The Morgan fingerprint density at radius 1 is 1.37 bits per heavy atom. The highest BCUT2D eigenvalue weighted by Gasteiger charge is 2.11. The van der Waals surface area contributed by atoms with E-state index in [-0.39, 0.29) is 6.61 Å². The average Bonchev–Trinajstić information content (AvgIpc) is 2.87. The monoisotopic (exact) mass is 280 g/mol. The smallest absolute Gasteiger partial charge is 0.119 e. The Morgan fingerprint density at radius 2 is 2.11 bits per heavy atom. The van der Waals surface area contributed by atoms with Crippen LogP contribution in [0.15, 0.2) is 36.7 Å². The molecule has 1 heterocycles. The van der Waals surface area contributed by atoms with E-state index in [1.54, 1.807) is 30.5 Å². The van der Waals surface area contributed by atoms with Gasteiger partial charge in [-0.15, -0.1) is 0 Å². The first-order valence-corrected chi connectivity index (χ1v) is 6.65. The van der Waals surface area contributed by atoms with Gasteiger partial charge in [0.05, 0.1) is 6.20 Å². The predicted molar refractivity (Wildman–Crippen MR) is 74.4 cm³/mol. The molecular formula is C14H17ClN2O2. The van der Waals surface area contributed by atoms with E-state index in [0.717, 1.165) is 18.5 Å². The zero-order valence-electron chi connectivity index (χ0n) is 10.8. The van der Waals surface area contributed by atoms with E-state index in [0.29, 0.717) is 10.8 Å². The van der Waals surface area contributed by atoms with Gasteiger partial charge in [0.2, 0.25) is 0 Å². The first kappa shape index (κ1) is 13.9. The maximum absolute atomic E-state index is 10.0. The third kappa shape index (κ3) is 3.98. The Labute approximate surface area is 117 Å². The molecule has 0 saturated heterocycles. The molecule has 5 heteroatoms. The van der Waals surface area contributed by atoms with Crippen LogP contribution in [-0.4, -0.2) is 21.5 Å². The molecule has 0 bridgehead atoms. The number of hydrogen-bond acceptors (Lipinski definition) is 3. The molecule has 4 nitrogen and oxygen atoms in total. The number of rotatable bonds is 6. The maximum Gasteiger partial charge on any atom is 0.119 e. The van der Waals surface area contributed by atoms with Gasteiger partial charge in [-0.3, -0.25) is 4.68 Å². The van der Waals surface area contributed by atoms with Crippen LogP contribution in [0.25, 0.3) is 0 Å². The van der Waals surface area contributed by atoms with Crippen molar-refractivity contribution in [2.45, 2.75) is 26.0 Å². The van der Waals surface area contributed by atoms with E-state index in [9.17, 15) is 5.11 Å². The molecule has 19 heavy (non-hydrogen) atoms. The van der Waals surface area contributed by atoms with Gasteiger partial charge in [-0.2, -0.15) is 5.10 Å². The minimum Gasteiger partial charge on any atom is -0.491 e. The van der Waals surface area contributed by atoms with Gasteiger partial charge in [0, 0.05) is 23.3 Å². The van der Waals surface area contributed by atoms with E-state index in [1.807, 2.05) is 10.9 Å². The number of halogens is 1.